The second-order valence-corrected chi connectivity index (χ2v) is 11.6. The molecule has 2 aromatic carbocycles. The van der Waals surface area contributed by atoms with Gasteiger partial charge in [0.2, 0.25) is 0 Å². The summed E-state index contributed by atoms with van der Waals surface area (Å²) in [4.78, 5) is 2.39. The maximum Gasteiger partial charge on any atom is 0.264 e. The van der Waals surface area contributed by atoms with Crippen molar-refractivity contribution in [2.24, 2.45) is 11.8 Å². The number of thiocarbonyl (C=S) groups is 1. The largest absolute Gasteiger partial charge is 0.497 e. The number of methoxy groups -OCH3 is 1. The third-order valence-corrected chi connectivity index (χ3v) is 8.98. The molecule has 3 atom stereocenters. The SMILES string of the molecule is COc1ccc(NS(=O)(=O)c2cc(NC(=S)N[C@@H]3C[C@H]4CC[C@H]3C4)ccc2N2CCCC2)cc1. The average molecular weight is 501 g/mol. The van der Waals surface area contributed by atoms with E-state index in [2.05, 4.69) is 20.3 Å². The molecule has 2 aliphatic carbocycles. The molecule has 2 saturated carbocycles. The fourth-order valence-electron chi connectivity index (χ4n) is 5.65. The number of fused-ring (bicyclic) bond motifs is 2. The molecule has 182 valence electrons. The Hall–Kier alpha value is -2.52. The predicted octanol–water partition coefficient (Wildman–Crippen LogP) is 4.57. The molecule has 7 nitrogen and oxygen atoms in total. The topological polar surface area (TPSA) is 82.7 Å². The van der Waals surface area contributed by atoms with Crippen LogP contribution >= 0.6 is 12.2 Å². The molecule has 5 rings (SSSR count). The van der Waals surface area contributed by atoms with Gasteiger partial charge in [-0.15, -0.1) is 0 Å². The molecule has 0 aromatic heterocycles. The Morgan fingerprint density at radius 1 is 1.03 bits per heavy atom. The Morgan fingerprint density at radius 3 is 2.41 bits per heavy atom. The number of hydrogen-bond donors (Lipinski definition) is 3. The third kappa shape index (κ3) is 4.95. The Bertz CT molecular complexity index is 1150. The predicted molar refractivity (Wildman–Crippen MR) is 140 cm³/mol. The van der Waals surface area contributed by atoms with Crippen LogP contribution in [0.5, 0.6) is 5.75 Å². The first-order valence-corrected chi connectivity index (χ1v) is 13.9. The van der Waals surface area contributed by atoms with Gasteiger partial charge in [-0.1, -0.05) is 6.42 Å². The van der Waals surface area contributed by atoms with E-state index in [0.717, 1.165) is 37.5 Å². The fraction of sp³-hybridized carbons (Fsp3) is 0.480. The van der Waals surface area contributed by atoms with Gasteiger partial charge in [0.25, 0.3) is 10.0 Å². The summed E-state index contributed by atoms with van der Waals surface area (Å²) in [5.41, 5.74) is 1.87. The normalized spacial score (nSPS) is 23.7. The minimum atomic E-state index is -3.82. The number of anilines is 3. The monoisotopic (exact) mass is 500 g/mol. The van der Waals surface area contributed by atoms with Gasteiger partial charge in [0.1, 0.15) is 10.6 Å². The molecule has 1 heterocycles. The molecule has 1 aliphatic heterocycles. The van der Waals surface area contributed by atoms with Gasteiger partial charge in [-0.25, -0.2) is 8.42 Å². The van der Waals surface area contributed by atoms with Crippen molar-refractivity contribution in [1.82, 2.24) is 5.32 Å². The van der Waals surface area contributed by atoms with Crippen LogP contribution in [0.3, 0.4) is 0 Å². The zero-order valence-electron chi connectivity index (χ0n) is 19.4. The molecule has 0 radical (unpaired) electrons. The molecular weight excluding hydrogens is 468 g/mol. The van der Waals surface area contributed by atoms with Gasteiger partial charge in [0.05, 0.1) is 12.8 Å². The number of nitrogens with one attached hydrogen (secondary N) is 3. The van der Waals surface area contributed by atoms with Crippen LogP contribution in [0.1, 0.15) is 38.5 Å². The molecule has 2 bridgehead atoms. The van der Waals surface area contributed by atoms with Crippen LogP contribution in [0.4, 0.5) is 17.1 Å². The number of rotatable bonds is 7. The first-order chi connectivity index (χ1) is 16.4. The minimum Gasteiger partial charge on any atom is -0.497 e. The average Bonchev–Trinajstić information content (AvgIpc) is 3.58. The van der Waals surface area contributed by atoms with Crippen LogP contribution < -0.4 is 25.0 Å². The summed E-state index contributed by atoms with van der Waals surface area (Å²) in [6, 6.07) is 12.8. The van der Waals surface area contributed by atoms with E-state index in [-0.39, 0.29) is 4.90 Å². The van der Waals surface area contributed by atoms with Gasteiger partial charge in [-0.05, 0) is 98.6 Å². The van der Waals surface area contributed by atoms with Crippen LogP contribution in [-0.4, -0.2) is 39.8 Å². The number of benzene rings is 2. The lowest BCUT2D eigenvalue weighted by Gasteiger charge is -2.25. The summed E-state index contributed by atoms with van der Waals surface area (Å²) in [6.45, 7) is 1.70. The maximum absolute atomic E-state index is 13.5. The molecule has 0 unspecified atom stereocenters. The lowest BCUT2D eigenvalue weighted by atomic mass is 9.96. The lowest BCUT2D eigenvalue weighted by Crippen LogP contribution is -2.40. The van der Waals surface area contributed by atoms with E-state index >= 15 is 0 Å². The first-order valence-electron chi connectivity index (χ1n) is 12.0. The lowest BCUT2D eigenvalue weighted by molar-refractivity contribution is 0.392. The molecule has 3 aliphatic rings. The van der Waals surface area contributed by atoms with E-state index in [1.54, 1.807) is 37.4 Å². The molecule has 1 saturated heterocycles. The first kappa shape index (κ1) is 23.2. The Labute approximate surface area is 207 Å². The van der Waals surface area contributed by atoms with E-state index in [1.165, 1.54) is 25.7 Å². The minimum absolute atomic E-state index is 0.248. The summed E-state index contributed by atoms with van der Waals surface area (Å²) in [7, 11) is -2.24. The summed E-state index contributed by atoms with van der Waals surface area (Å²) in [5.74, 6) is 2.20. The molecule has 3 N–H and O–H groups in total. The van der Waals surface area contributed by atoms with Gasteiger partial charge in [-0.3, -0.25) is 4.72 Å². The van der Waals surface area contributed by atoms with Gasteiger partial charge < -0.3 is 20.3 Å². The van der Waals surface area contributed by atoms with Gasteiger partial charge in [0, 0.05) is 30.5 Å². The molecule has 9 heteroatoms. The summed E-state index contributed by atoms with van der Waals surface area (Å²) >= 11 is 5.58. The summed E-state index contributed by atoms with van der Waals surface area (Å²) < 4.78 is 34.9. The van der Waals surface area contributed by atoms with E-state index in [1.807, 2.05) is 12.1 Å². The Balaban J connectivity index is 1.37. The number of nitrogens with zero attached hydrogens (tertiary/aromatic N) is 1. The zero-order chi connectivity index (χ0) is 23.7. The highest BCUT2D eigenvalue weighted by atomic mass is 32.2. The van der Waals surface area contributed by atoms with Crippen LogP contribution in [0, 0.1) is 11.8 Å². The summed E-state index contributed by atoms with van der Waals surface area (Å²) in [5, 5.41) is 7.25. The maximum atomic E-state index is 13.5. The van der Waals surface area contributed by atoms with Crippen molar-refractivity contribution in [3.63, 3.8) is 0 Å². The fourth-order valence-corrected chi connectivity index (χ4v) is 7.23. The quantitative estimate of drug-likeness (QED) is 0.480. The molecule has 2 aromatic rings. The van der Waals surface area contributed by atoms with Crippen molar-refractivity contribution in [2.45, 2.75) is 49.5 Å². The molecule has 34 heavy (non-hydrogen) atoms. The van der Waals surface area contributed by atoms with Crippen LogP contribution in [-0.2, 0) is 10.0 Å². The number of sulfonamides is 1. The van der Waals surface area contributed by atoms with Gasteiger partial charge in [0.15, 0.2) is 5.11 Å². The van der Waals surface area contributed by atoms with Crippen molar-refractivity contribution >= 4 is 44.4 Å². The van der Waals surface area contributed by atoms with Crippen molar-refractivity contribution in [3.05, 3.63) is 42.5 Å². The van der Waals surface area contributed by atoms with Gasteiger partial charge in [-0.2, -0.15) is 0 Å². The van der Waals surface area contributed by atoms with Crippen LogP contribution in [0.25, 0.3) is 0 Å². The van der Waals surface area contributed by atoms with Crippen molar-refractivity contribution in [3.8, 4) is 5.75 Å². The second kappa shape index (κ2) is 9.62. The zero-order valence-corrected chi connectivity index (χ0v) is 21.1. The third-order valence-electron chi connectivity index (χ3n) is 7.35. The standard InChI is InChI=1S/C25H32N4O3S2/c1-32-21-9-6-19(7-10-21)28-34(30,31)24-16-20(8-11-23(24)29-12-2-3-13-29)26-25(33)27-22-15-17-4-5-18(22)14-17/h6-11,16-18,22,28H,2-5,12-15H2,1H3,(H2,26,27,33)/t17-,18-,22+/m0/s1. The molecular formula is C25H32N4O3S2. The van der Waals surface area contributed by atoms with E-state index in [0.29, 0.717) is 34.2 Å². The number of ether oxygens (including phenoxy) is 1. The Morgan fingerprint density at radius 2 is 1.76 bits per heavy atom. The van der Waals surface area contributed by atoms with E-state index in [9.17, 15) is 8.42 Å². The highest BCUT2D eigenvalue weighted by molar-refractivity contribution is 7.93. The Kier molecular flexibility index (Phi) is 6.57. The summed E-state index contributed by atoms with van der Waals surface area (Å²) in [6.07, 6.45) is 7.19. The van der Waals surface area contributed by atoms with Crippen molar-refractivity contribution in [2.75, 3.05) is 35.1 Å². The molecule has 0 spiro atoms. The molecule has 0 amide bonds. The van der Waals surface area contributed by atoms with Crippen molar-refractivity contribution < 1.29 is 13.2 Å². The molecule has 3 fully saturated rings. The smallest absolute Gasteiger partial charge is 0.264 e. The van der Waals surface area contributed by atoms with E-state index in [4.69, 9.17) is 17.0 Å². The number of hydrogen-bond acceptors (Lipinski definition) is 5. The highest BCUT2D eigenvalue weighted by Gasteiger charge is 2.39. The highest BCUT2D eigenvalue weighted by Crippen LogP contribution is 2.44. The van der Waals surface area contributed by atoms with Crippen molar-refractivity contribution in [1.29, 1.82) is 0 Å². The van der Waals surface area contributed by atoms with Crippen LogP contribution in [0.2, 0.25) is 0 Å². The van der Waals surface area contributed by atoms with Gasteiger partial charge >= 0.3 is 0 Å². The van der Waals surface area contributed by atoms with E-state index < -0.39 is 10.0 Å². The van der Waals surface area contributed by atoms with Crippen LogP contribution in [0.15, 0.2) is 47.4 Å². The second-order valence-electron chi connectivity index (χ2n) is 9.59.